The Morgan fingerprint density at radius 1 is 0.435 bits per heavy atom. The second-order valence-electron chi connectivity index (χ2n) is 23.6. The largest absolute Gasteiger partial charge is 0.394 e. The normalized spacial score (nSPS) is 24.2. The second-order valence-corrected chi connectivity index (χ2v) is 23.6. The van der Waals surface area contributed by atoms with Crippen molar-refractivity contribution >= 4 is 5.91 Å². The quantitative estimate of drug-likeness (QED) is 0.0204. The van der Waals surface area contributed by atoms with Gasteiger partial charge in [-0.15, -0.1) is 0 Å². The fraction of sp³-hybridized carbons (Fsp3) is 0.761. The van der Waals surface area contributed by atoms with Crippen LogP contribution >= 0.6 is 0 Å². The number of hydrogen-bond acceptors (Lipinski definition) is 13. The van der Waals surface area contributed by atoms with Crippen LogP contribution in [-0.2, 0) is 23.7 Å². The van der Waals surface area contributed by atoms with E-state index in [1.54, 1.807) is 6.08 Å². The second kappa shape index (κ2) is 55.0. The highest BCUT2D eigenvalue weighted by Gasteiger charge is 2.51. The van der Waals surface area contributed by atoms with Crippen molar-refractivity contribution in [1.82, 2.24) is 5.32 Å². The van der Waals surface area contributed by atoms with Crippen LogP contribution < -0.4 is 5.32 Å². The number of aliphatic hydroxyl groups is 8. The predicted molar refractivity (Wildman–Crippen MR) is 346 cm³/mol. The summed E-state index contributed by atoms with van der Waals surface area (Å²) in [5.41, 5.74) is 0. The molecule has 0 saturated carbocycles. The van der Waals surface area contributed by atoms with Crippen molar-refractivity contribution in [3.05, 3.63) is 97.2 Å². The highest BCUT2D eigenvalue weighted by molar-refractivity contribution is 5.76. The number of nitrogens with one attached hydrogen (secondary N) is 1. The van der Waals surface area contributed by atoms with Crippen molar-refractivity contribution in [3.63, 3.8) is 0 Å². The minimum Gasteiger partial charge on any atom is -0.394 e. The van der Waals surface area contributed by atoms with E-state index in [2.05, 4.69) is 104 Å². The standard InChI is InChI=1S/C71H123NO13/c1-3-5-7-9-11-13-15-17-19-21-23-24-25-26-27-28-29-30-31-32-33-34-35-36-37-39-41-43-45-47-49-51-53-55-63(76)72-59(60(75)54-52-50-48-46-44-42-40-38-22-20-18-16-14-12-10-8-6-4-2)58-82-70-68(81)66(79)69(62(57-74)84-70)85-71-67(80)65(78)64(77)61(56-73)83-71/h5,7,11,13,17,19,23-24,26-27,29-30,32-33,52,54,59-62,64-71,73-75,77-81H,3-4,6,8-10,12,14-16,18,20-22,25,28,31,34-51,53,55-58H2,1-2H3,(H,72,76)/b7-5-,13-11-,19-17-,24-23-,27-26-,30-29-,33-32-,54-52+. The summed E-state index contributed by atoms with van der Waals surface area (Å²) < 4.78 is 22.8. The van der Waals surface area contributed by atoms with Gasteiger partial charge in [0.1, 0.15) is 48.8 Å². The van der Waals surface area contributed by atoms with Gasteiger partial charge >= 0.3 is 0 Å². The maximum atomic E-state index is 13.3. The van der Waals surface area contributed by atoms with Gasteiger partial charge in [0.05, 0.1) is 32.0 Å². The first-order valence-corrected chi connectivity index (χ1v) is 34.0. The summed E-state index contributed by atoms with van der Waals surface area (Å²) in [4.78, 5) is 13.3. The first-order valence-electron chi connectivity index (χ1n) is 34.0. The van der Waals surface area contributed by atoms with E-state index in [1.807, 2.05) is 6.08 Å². The average Bonchev–Trinajstić information content (AvgIpc) is 3.29. The van der Waals surface area contributed by atoms with Gasteiger partial charge in [-0.3, -0.25) is 4.79 Å². The molecule has 2 aliphatic rings. The van der Waals surface area contributed by atoms with Gasteiger partial charge in [-0.25, -0.2) is 0 Å². The molecule has 0 bridgehead atoms. The van der Waals surface area contributed by atoms with Crippen LogP contribution in [0.4, 0.5) is 0 Å². The molecule has 2 rings (SSSR count). The Balaban J connectivity index is 1.68. The number of unbranched alkanes of at least 4 members (excludes halogenated alkanes) is 27. The highest BCUT2D eigenvalue weighted by atomic mass is 16.7. The summed E-state index contributed by atoms with van der Waals surface area (Å²) in [5.74, 6) is -0.245. The molecule has 0 aromatic carbocycles. The number of rotatable bonds is 54. The van der Waals surface area contributed by atoms with Crippen LogP contribution in [-0.4, -0.2) is 140 Å². The van der Waals surface area contributed by atoms with E-state index in [4.69, 9.17) is 18.9 Å². The van der Waals surface area contributed by atoms with E-state index in [0.29, 0.717) is 6.42 Å². The first-order chi connectivity index (χ1) is 41.6. The van der Waals surface area contributed by atoms with E-state index in [1.165, 1.54) is 135 Å². The SMILES string of the molecule is CC/C=C\C/C=C\C/C=C\C/C=C\C/C=C\C/C=C\C/C=C\CCCCCCCCCCCCCC(=O)NC(COC1OC(CO)C(OC2OC(CO)C(O)C(O)C2O)C(O)C1O)C(O)/C=C/CCCCCCCCCCCCCCCCCC. The molecule has 0 radical (unpaired) electrons. The summed E-state index contributed by atoms with van der Waals surface area (Å²) in [7, 11) is 0. The van der Waals surface area contributed by atoms with E-state index in [-0.39, 0.29) is 18.9 Å². The molecular weight excluding hydrogens is 1070 g/mol. The van der Waals surface area contributed by atoms with Crippen molar-refractivity contribution in [1.29, 1.82) is 0 Å². The highest BCUT2D eigenvalue weighted by Crippen LogP contribution is 2.30. The summed E-state index contributed by atoms with van der Waals surface area (Å²) in [6.07, 6.45) is 60.2. The number of hydrogen-bond donors (Lipinski definition) is 9. The first kappa shape index (κ1) is 78.0. The molecule has 0 aliphatic carbocycles. The fourth-order valence-electron chi connectivity index (χ4n) is 10.6. The molecule has 12 atom stereocenters. The van der Waals surface area contributed by atoms with E-state index in [9.17, 15) is 45.6 Å². The van der Waals surface area contributed by atoms with E-state index >= 15 is 0 Å². The topological polar surface area (TPSA) is 228 Å². The van der Waals surface area contributed by atoms with Gasteiger partial charge in [-0.05, 0) is 77.0 Å². The molecule has 1 amide bonds. The lowest BCUT2D eigenvalue weighted by Gasteiger charge is -2.46. The smallest absolute Gasteiger partial charge is 0.220 e. The molecule has 9 N–H and O–H groups in total. The molecule has 0 spiro atoms. The van der Waals surface area contributed by atoms with Crippen molar-refractivity contribution in [3.8, 4) is 0 Å². The van der Waals surface area contributed by atoms with Crippen LogP contribution in [0.3, 0.4) is 0 Å². The minimum absolute atomic E-state index is 0.245. The van der Waals surface area contributed by atoms with Crippen molar-refractivity contribution in [2.24, 2.45) is 0 Å². The average molecular weight is 1200 g/mol. The third-order valence-corrected chi connectivity index (χ3v) is 16.0. The molecule has 85 heavy (non-hydrogen) atoms. The van der Waals surface area contributed by atoms with Crippen molar-refractivity contribution in [2.45, 2.75) is 325 Å². The van der Waals surface area contributed by atoms with Gasteiger partial charge in [-0.1, -0.05) is 265 Å². The third-order valence-electron chi connectivity index (χ3n) is 16.0. The maximum absolute atomic E-state index is 13.3. The molecule has 0 aromatic heterocycles. The van der Waals surface area contributed by atoms with Crippen LogP contribution in [0.15, 0.2) is 97.2 Å². The molecule has 2 fully saturated rings. The lowest BCUT2D eigenvalue weighted by Crippen LogP contribution is -2.65. The van der Waals surface area contributed by atoms with Gasteiger partial charge in [0.15, 0.2) is 12.6 Å². The van der Waals surface area contributed by atoms with Crippen LogP contribution in [0, 0.1) is 0 Å². The molecule has 2 saturated heterocycles. The summed E-state index contributed by atoms with van der Waals surface area (Å²) >= 11 is 0. The molecule has 14 heteroatoms. The molecule has 14 nitrogen and oxygen atoms in total. The van der Waals surface area contributed by atoms with Crippen molar-refractivity contribution in [2.75, 3.05) is 19.8 Å². The summed E-state index contributed by atoms with van der Waals surface area (Å²) in [6, 6.07) is -0.923. The number of carbonyl (C=O) groups excluding carboxylic acids is 1. The predicted octanol–water partition coefficient (Wildman–Crippen LogP) is 13.4. The lowest BCUT2D eigenvalue weighted by atomic mass is 9.97. The summed E-state index contributed by atoms with van der Waals surface area (Å²) in [5, 5.41) is 87.3. The minimum atomic E-state index is -1.79. The van der Waals surface area contributed by atoms with Crippen LogP contribution in [0.5, 0.6) is 0 Å². The maximum Gasteiger partial charge on any atom is 0.220 e. The van der Waals surface area contributed by atoms with Gasteiger partial charge in [0.25, 0.3) is 0 Å². The Morgan fingerprint density at radius 3 is 1.25 bits per heavy atom. The monoisotopic (exact) mass is 1200 g/mol. The number of carbonyl (C=O) groups is 1. The molecule has 2 heterocycles. The zero-order valence-corrected chi connectivity index (χ0v) is 53.1. The Kier molecular flexibility index (Phi) is 50.5. The Bertz CT molecular complexity index is 1800. The number of allylic oxidation sites excluding steroid dienone is 15. The third kappa shape index (κ3) is 39.5. The van der Waals surface area contributed by atoms with Gasteiger partial charge in [0.2, 0.25) is 5.91 Å². The summed E-state index contributed by atoms with van der Waals surface area (Å²) in [6.45, 7) is 2.69. The lowest BCUT2D eigenvalue weighted by molar-refractivity contribution is -0.359. The molecule has 490 valence electrons. The van der Waals surface area contributed by atoms with Gasteiger partial charge in [0, 0.05) is 6.42 Å². The number of amides is 1. The molecule has 0 aromatic rings. The number of ether oxygens (including phenoxy) is 4. The Hall–Kier alpha value is -3.09. The zero-order chi connectivity index (χ0) is 61.6. The molecule has 12 unspecified atom stereocenters. The zero-order valence-electron chi connectivity index (χ0n) is 53.1. The van der Waals surface area contributed by atoms with Gasteiger partial charge in [-0.2, -0.15) is 0 Å². The van der Waals surface area contributed by atoms with E-state index < -0.39 is 86.8 Å². The Morgan fingerprint density at radius 2 is 0.812 bits per heavy atom. The van der Waals surface area contributed by atoms with Crippen LogP contribution in [0.1, 0.15) is 251 Å². The fourth-order valence-corrected chi connectivity index (χ4v) is 10.6. The van der Waals surface area contributed by atoms with Gasteiger partial charge < -0.3 is 65.1 Å². The Labute approximate surface area is 515 Å². The molecule has 2 aliphatic heterocycles. The van der Waals surface area contributed by atoms with Crippen LogP contribution in [0.25, 0.3) is 0 Å². The van der Waals surface area contributed by atoms with E-state index in [0.717, 1.165) is 89.9 Å². The van der Waals surface area contributed by atoms with Crippen molar-refractivity contribution < 1.29 is 64.6 Å². The van der Waals surface area contributed by atoms with Crippen LogP contribution in [0.2, 0.25) is 0 Å². The molecular formula is C71H123NO13. The number of aliphatic hydroxyl groups excluding tert-OH is 8.